The van der Waals surface area contributed by atoms with Gasteiger partial charge in [0.1, 0.15) is 47.0 Å². The molecule has 4 N–H and O–H groups in total. The molecular weight excluding hydrogens is 765 g/mol. The van der Waals surface area contributed by atoms with E-state index in [2.05, 4.69) is 20.9 Å². The van der Waals surface area contributed by atoms with E-state index in [0.717, 1.165) is 56.1 Å². The first kappa shape index (κ1) is 40.9. The first-order valence-electron chi connectivity index (χ1n) is 20.3. The molecule has 3 fully saturated rings. The molecule has 3 aromatic rings. The summed E-state index contributed by atoms with van der Waals surface area (Å²) in [6, 6.07) is 1.62. The van der Waals surface area contributed by atoms with Gasteiger partial charge < -0.3 is 40.2 Å². The summed E-state index contributed by atoms with van der Waals surface area (Å²) >= 11 is 1.27. The Kier molecular flexibility index (Phi) is 12.2. The average molecular weight is 817 g/mol. The number of fused-ring (bicyclic) bond motifs is 3. The molecule has 4 heterocycles. The number of pyridine rings is 1. The van der Waals surface area contributed by atoms with Crippen LogP contribution in [-0.2, 0) is 23.9 Å². The number of hydrogen-bond acceptors (Lipinski definition) is 11. The number of nitrogens with one attached hydrogen (secondary N) is 3. The monoisotopic (exact) mass is 816 g/mol. The number of carboxylic acids is 1. The largest absolute Gasteiger partial charge is 0.496 e. The summed E-state index contributed by atoms with van der Waals surface area (Å²) in [5.74, 6) is -1.62. The number of thiazole rings is 1. The molecule has 2 aromatic heterocycles. The molecule has 16 heteroatoms. The third kappa shape index (κ3) is 8.61. The van der Waals surface area contributed by atoms with Crippen molar-refractivity contribution in [1.82, 2.24) is 25.5 Å². The first-order valence-corrected chi connectivity index (χ1v) is 21.2. The van der Waals surface area contributed by atoms with Crippen LogP contribution in [0.5, 0.6) is 11.5 Å². The van der Waals surface area contributed by atoms with E-state index in [0.29, 0.717) is 58.2 Å². The quantitative estimate of drug-likeness (QED) is 0.180. The van der Waals surface area contributed by atoms with Crippen molar-refractivity contribution >= 4 is 57.2 Å². The number of carbonyl (C=O) groups is 5. The van der Waals surface area contributed by atoms with E-state index < -0.39 is 47.6 Å². The van der Waals surface area contributed by atoms with Gasteiger partial charge in [0, 0.05) is 41.2 Å². The van der Waals surface area contributed by atoms with Crippen LogP contribution in [0.3, 0.4) is 0 Å². The zero-order valence-electron chi connectivity index (χ0n) is 33.4. The van der Waals surface area contributed by atoms with Crippen molar-refractivity contribution < 1.29 is 43.3 Å². The Morgan fingerprint density at radius 3 is 2.55 bits per heavy atom. The van der Waals surface area contributed by atoms with Crippen LogP contribution in [-0.4, -0.2) is 93.2 Å². The number of ether oxygens (including phenoxy) is 3. The topological polar surface area (TPSA) is 198 Å². The Morgan fingerprint density at radius 1 is 1.03 bits per heavy atom. The second-order valence-electron chi connectivity index (χ2n) is 15.8. The van der Waals surface area contributed by atoms with Crippen LogP contribution in [0, 0.1) is 19.8 Å². The number of methoxy groups -OCH3 is 1. The maximum Gasteiger partial charge on any atom is 0.408 e. The summed E-state index contributed by atoms with van der Waals surface area (Å²) in [6.07, 6.45) is 9.70. The number of benzene rings is 1. The number of anilines is 1. The van der Waals surface area contributed by atoms with Crippen molar-refractivity contribution in [1.29, 1.82) is 0 Å². The van der Waals surface area contributed by atoms with Crippen LogP contribution in [0.4, 0.5) is 9.93 Å². The molecular formula is C42H52N6O9S. The highest BCUT2D eigenvalue weighted by Crippen LogP contribution is 2.46. The van der Waals surface area contributed by atoms with E-state index in [1.54, 1.807) is 25.5 Å². The number of allylic oxidation sites excluding steroid dienone is 1. The van der Waals surface area contributed by atoms with Crippen molar-refractivity contribution in [3.63, 3.8) is 0 Å². The lowest BCUT2D eigenvalue weighted by atomic mass is 10.0. The van der Waals surface area contributed by atoms with E-state index >= 15 is 0 Å². The summed E-state index contributed by atoms with van der Waals surface area (Å²) < 4.78 is 18.2. The molecule has 310 valence electrons. The van der Waals surface area contributed by atoms with Gasteiger partial charge in [0.15, 0.2) is 5.13 Å². The SMILES string of the molecule is CCC(=O)Nc1nc(-c2cc(O[C@@H]3C[C@H]4C(=O)N[C@]5(C(=O)O)C[C@@H]5/C=C\CCCCC[C@@H](NC(=O)OC5CCCC5)C(=O)N4C3)c3cc(C)c(OC)c(C)c3n2)cs1. The highest BCUT2D eigenvalue weighted by Gasteiger charge is 2.61. The number of carboxylic acid groups (broad SMARTS) is 1. The number of aromatic nitrogens is 2. The van der Waals surface area contributed by atoms with Gasteiger partial charge in [0.25, 0.3) is 0 Å². The van der Waals surface area contributed by atoms with Gasteiger partial charge in [-0.25, -0.2) is 19.6 Å². The van der Waals surface area contributed by atoms with Gasteiger partial charge >= 0.3 is 12.1 Å². The molecule has 5 atom stereocenters. The van der Waals surface area contributed by atoms with Crippen LogP contribution in [0.2, 0.25) is 0 Å². The Labute approximate surface area is 341 Å². The minimum atomic E-state index is -1.47. The number of rotatable bonds is 9. The predicted molar refractivity (Wildman–Crippen MR) is 217 cm³/mol. The van der Waals surface area contributed by atoms with E-state index in [4.69, 9.17) is 19.2 Å². The number of carbonyl (C=O) groups excluding carboxylic acids is 4. The normalized spacial score (nSPS) is 25.8. The number of aliphatic carboxylic acids is 1. The molecule has 4 amide bonds. The van der Waals surface area contributed by atoms with Crippen LogP contribution >= 0.6 is 11.3 Å². The Morgan fingerprint density at radius 2 is 1.81 bits per heavy atom. The molecule has 2 aliphatic carbocycles. The van der Waals surface area contributed by atoms with E-state index in [1.165, 1.54) is 16.2 Å². The second-order valence-corrected chi connectivity index (χ2v) is 16.7. The van der Waals surface area contributed by atoms with Crippen LogP contribution < -0.4 is 25.4 Å². The minimum absolute atomic E-state index is 0.00660. The molecule has 15 nitrogen and oxygen atoms in total. The molecule has 2 aliphatic heterocycles. The van der Waals surface area contributed by atoms with Crippen molar-refractivity contribution in [3.8, 4) is 22.9 Å². The molecule has 2 saturated carbocycles. The third-order valence-electron chi connectivity index (χ3n) is 11.8. The Bertz CT molecular complexity index is 2120. The van der Waals surface area contributed by atoms with Crippen molar-refractivity contribution in [2.45, 2.75) is 128 Å². The smallest absolute Gasteiger partial charge is 0.408 e. The average Bonchev–Trinajstić information content (AvgIpc) is 3.62. The number of hydrogen-bond donors (Lipinski definition) is 4. The molecule has 0 bridgehead atoms. The summed E-state index contributed by atoms with van der Waals surface area (Å²) in [5, 5.41) is 21.6. The predicted octanol–water partition coefficient (Wildman–Crippen LogP) is 6.20. The lowest BCUT2D eigenvalue weighted by molar-refractivity contribution is -0.145. The lowest BCUT2D eigenvalue weighted by Gasteiger charge is -2.29. The van der Waals surface area contributed by atoms with E-state index in [9.17, 15) is 29.1 Å². The molecule has 1 aromatic carbocycles. The van der Waals surface area contributed by atoms with Gasteiger partial charge in [-0.1, -0.05) is 31.9 Å². The van der Waals surface area contributed by atoms with Crippen molar-refractivity contribution in [3.05, 3.63) is 40.8 Å². The van der Waals surface area contributed by atoms with Gasteiger partial charge in [-0.15, -0.1) is 11.3 Å². The Hall–Kier alpha value is -5.25. The fourth-order valence-corrected chi connectivity index (χ4v) is 9.22. The maximum absolute atomic E-state index is 14.6. The van der Waals surface area contributed by atoms with Crippen LogP contribution in [0.1, 0.15) is 95.1 Å². The molecule has 0 spiro atoms. The zero-order chi connectivity index (χ0) is 41.1. The minimum Gasteiger partial charge on any atom is -0.496 e. The highest BCUT2D eigenvalue weighted by molar-refractivity contribution is 7.14. The summed E-state index contributed by atoms with van der Waals surface area (Å²) in [6.45, 7) is 5.58. The van der Waals surface area contributed by atoms with Crippen LogP contribution in [0.15, 0.2) is 29.7 Å². The first-order chi connectivity index (χ1) is 27.9. The molecule has 4 aliphatic rings. The second kappa shape index (κ2) is 17.3. The number of alkyl carbamates (subject to hydrolysis) is 1. The fraction of sp³-hybridized carbons (Fsp3) is 0.548. The summed E-state index contributed by atoms with van der Waals surface area (Å²) in [4.78, 5) is 77.8. The fourth-order valence-electron chi connectivity index (χ4n) is 8.50. The highest BCUT2D eigenvalue weighted by atomic mass is 32.1. The maximum atomic E-state index is 14.6. The molecule has 1 saturated heterocycles. The van der Waals surface area contributed by atoms with E-state index in [-0.39, 0.29) is 37.3 Å². The molecule has 7 rings (SSSR count). The number of amides is 4. The summed E-state index contributed by atoms with van der Waals surface area (Å²) in [7, 11) is 1.60. The number of aryl methyl sites for hydroxylation is 2. The van der Waals surface area contributed by atoms with E-state index in [1.807, 2.05) is 32.1 Å². The number of nitrogens with zero attached hydrogens (tertiary/aromatic N) is 3. The van der Waals surface area contributed by atoms with Gasteiger partial charge in [-0.05, 0) is 76.8 Å². The van der Waals surface area contributed by atoms with Gasteiger partial charge in [-0.3, -0.25) is 14.4 Å². The van der Waals surface area contributed by atoms with Gasteiger partial charge in [0.05, 0.1) is 24.9 Å². The van der Waals surface area contributed by atoms with Gasteiger partial charge in [0.2, 0.25) is 17.7 Å². The zero-order valence-corrected chi connectivity index (χ0v) is 34.2. The van der Waals surface area contributed by atoms with Gasteiger partial charge in [-0.2, -0.15) is 0 Å². The lowest BCUT2D eigenvalue weighted by Crippen LogP contribution is -2.56. The van der Waals surface area contributed by atoms with Crippen molar-refractivity contribution in [2.24, 2.45) is 5.92 Å². The molecule has 58 heavy (non-hydrogen) atoms. The van der Waals surface area contributed by atoms with Crippen LogP contribution in [0.25, 0.3) is 22.3 Å². The standard InChI is InChI=1S/C42H52N6O9S/c1-5-34(49)46-40-44-31(22-58-40)30-19-33(28-17-23(2)36(55-4)24(3)35(28)43-30)56-27-18-32-37(50)47-42(39(52)53)20-25(42)13-9-7-6-8-10-16-29(38(51)48(32)21-27)45-41(54)57-26-14-11-12-15-26/h9,13,17,19,22,25-27,29,32H,5-8,10-12,14-16,18,20-21H2,1-4H3,(H,45,54)(H,47,50)(H,52,53)(H,44,46,49)/b13-9-/t25-,27+,29+,32-,42+/m0/s1. The Balaban J connectivity index is 1.23. The summed E-state index contributed by atoms with van der Waals surface area (Å²) in [5.41, 5.74) is 1.75. The molecule has 0 radical (unpaired) electrons. The third-order valence-corrected chi connectivity index (χ3v) is 12.5. The van der Waals surface area contributed by atoms with Crippen molar-refractivity contribution in [2.75, 3.05) is 19.0 Å². The molecule has 0 unspecified atom stereocenters.